The van der Waals surface area contributed by atoms with Crippen molar-refractivity contribution in [2.75, 3.05) is 32.9 Å². The molecule has 31 heavy (non-hydrogen) atoms. The average molecular weight is 430 g/mol. The zero-order valence-corrected chi connectivity index (χ0v) is 18.8. The third-order valence-electron chi connectivity index (χ3n) is 5.97. The van der Waals surface area contributed by atoms with Crippen molar-refractivity contribution < 1.29 is 18.7 Å². The Morgan fingerprint density at radius 1 is 1.06 bits per heavy atom. The number of likely N-dealkylation sites (tertiary alicyclic amines) is 1. The van der Waals surface area contributed by atoms with Crippen molar-refractivity contribution in [1.29, 1.82) is 0 Å². The van der Waals surface area contributed by atoms with Crippen LogP contribution in [0.1, 0.15) is 62.7 Å². The molecular formula is C24H35N3O4. The molecule has 0 aliphatic carbocycles. The van der Waals surface area contributed by atoms with Crippen molar-refractivity contribution in [3.63, 3.8) is 0 Å². The van der Waals surface area contributed by atoms with Crippen LogP contribution in [0.15, 0.2) is 28.8 Å². The summed E-state index contributed by atoms with van der Waals surface area (Å²) in [5, 5.41) is 4.13. The van der Waals surface area contributed by atoms with Crippen molar-refractivity contribution in [2.24, 2.45) is 0 Å². The van der Waals surface area contributed by atoms with Crippen LogP contribution < -0.4 is 4.74 Å². The fourth-order valence-electron chi connectivity index (χ4n) is 4.23. The molecule has 1 aromatic carbocycles. The molecule has 170 valence electrons. The van der Waals surface area contributed by atoms with Gasteiger partial charge in [-0.3, -0.25) is 4.90 Å². The lowest BCUT2D eigenvalue weighted by atomic mass is 10.0. The topological polar surface area (TPSA) is 69.9 Å². The van der Waals surface area contributed by atoms with E-state index in [1.807, 2.05) is 13.8 Å². The molecule has 0 unspecified atom stereocenters. The molecule has 0 radical (unpaired) electrons. The highest BCUT2D eigenvalue weighted by Crippen LogP contribution is 2.25. The van der Waals surface area contributed by atoms with Crippen molar-refractivity contribution in [1.82, 2.24) is 15.0 Å². The van der Waals surface area contributed by atoms with Gasteiger partial charge in [-0.25, -0.2) is 0 Å². The van der Waals surface area contributed by atoms with E-state index in [-0.39, 0.29) is 6.10 Å². The number of piperidine rings is 1. The summed E-state index contributed by atoms with van der Waals surface area (Å²) in [6, 6.07) is 8.47. The Labute approximate surface area is 185 Å². The van der Waals surface area contributed by atoms with Gasteiger partial charge in [0.1, 0.15) is 5.75 Å². The van der Waals surface area contributed by atoms with Crippen LogP contribution in [0.5, 0.6) is 5.75 Å². The molecule has 2 saturated heterocycles. The van der Waals surface area contributed by atoms with Crippen LogP contribution in [0, 0.1) is 0 Å². The monoisotopic (exact) mass is 429 g/mol. The van der Waals surface area contributed by atoms with Crippen molar-refractivity contribution >= 4 is 0 Å². The molecule has 0 N–H and O–H groups in total. The maximum absolute atomic E-state index is 6.11. The lowest BCUT2D eigenvalue weighted by molar-refractivity contribution is 0.00676. The largest absolute Gasteiger partial charge is 0.491 e. The first kappa shape index (κ1) is 22.2. The van der Waals surface area contributed by atoms with E-state index in [1.165, 1.54) is 5.56 Å². The number of hydrogen-bond donors (Lipinski definition) is 0. The van der Waals surface area contributed by atoms with Gasteiger partial charge in [0, 0.05) is 45.2 Å². The molecule has 0 atom stereocenters. The van der Waals surface area contributed by atoms with E-state index in [0.717, 1.165) is 76.0 Å². The van der Waals surface area contributed by atoms with Crippen molar-refractivity contribution in [3.05, 3.63) is 41.5 Å². The highest BCUT2D eigenvalue weighted by molar-refractivity contribution is 5.27. The lowest BCUT2D eigenvalue weighted by Gasteiger charge is -2.31. The van der Waals surface area contributed by atoms with E-state index >= 15 is 0 Å². The molecular weight excluding hydrogens is 394 g/mol. The predicted octanol–water partition coefficient (Wildman–Crippen LogP) is 3.97. The Kier molecular flexibility index (Phi) is 7.94. The van der Waals surface area contributed by atoms with Crippen LogP contribution in [0.3, 0.4) is 0 Å². The summed E-state index contributed by atoms with van der Waals surface area (Å²) in [7, 11) is 0. The second kappa shape index (κ2) is 11.1. The van der Waals surface area contributed by atoms with Gasteiger partial charge in [-0.1, -0.05) is 17.3 Å². The molecule has 0 saturated carbocycles. The maximum atomic E-state index is 6.11. The minimum Gasteiger partial charge on any atom is -0.491 e. The zero-order chi connectivity index (χ0) is 21.5. The van der Waals surface area contributed by atoms with E-state index < -0.39 is 0 Å². The molecule has 2 aliphatic rings. The van der Waals surface area contributed by atoms with E-state index in [4.69, 9.17) is 18.7 Å². The van der Waals surface area contributed by atoms with Crippen LogP contribution in [0.25, 0.3) is 0 Å². The van der Waals surface area contributed by atoms with Gasteiger partial charge in [-0.2, -0.15) is 4.98 Å². The molecule has 7 nitrogen and oxygen atoms in total. The normalized spacial score (nSPS) is 19.2. The summed E-state index contributed by atoms with van der Waals surface area (Å²) in [4.78, 5) is 7.06. The fraction of sp³-hybridized carbons (Fsp3) is 0.667. The quantitative estimate of drug-likeness (QED) is 0.597. The standard InChI is InChI=1S/C24H35N3O4/c1-18(2)30-22-5-3-19(4-6-22)17-27-12-7-21(8-13-27)29-16-11-23-25-24(31-26-23)20-9-14-28-15-10-20/h3-6,18,20-21H,7-17H2,1-2H3. The van der Waals surface area contributed by atoms with Gasteiger partial charge in [0.05, 0.1) is 18.8 Å². The molecule has 0 spiro atoms. The molecule has 2 aromatic rings. The van der Waals surface area contributed by atoms with Crippen molar-refractivity contribution in [3.8, 4) is 5.75 Å². The number of hydrogen-bond acceptors (Lipinski definition) is 7. The summed E-state index contributed by atoms with van der Waals surface area (Å²) >= 11 is 0. The Morgan fingerprint density at radius 2 is 1.81 bits per heavy atom. The smallest absolute Gasteiger partial charge is 0.229 e. The third-order valence-corrected chi connectivity index (χ3v) is 5.97. The zero-order valence-electron chi connectivity index (χ0n) is 18.8. The molecule has 3 heterocycles. The molecule has 2 fully saturated rings. The van der Waals surface area contributed by atoms with Crippen LogP contribution in [0.2, 0.25) is 0 Å². The van der Waals surface area contributed by atoms with E-state index in [2.05, 4.69) is 39.3 Å². The highest BCUT2D eigenvalue weighted by atomic mass is 16.5. The predicted molar refractivity (Wildman–Crippen MR) is 117 cm³/mol. The van der Waals surface area contributed by atoms with Crippen LogP contribution >= 0.6 is 0 Å². The number of rotatable bonds is 9. The second-order valence-corrected chi connectivity index (χ2v) is 8.84. The third kappa shape index (κ3) is 6.76. The average Bonchev–Trinajstić information content (AvgIpc) is 3.26. The Balaban J connectivity index is 1.13. The van der Waals surface area contributed by atoms with Crippen LogP contribution in [-0.4, -0.2) is 60.2 Å². The second-order valence-electron chi connectivity index (χ2n) is 8.84. The Morgan fingerprint density at radius 3 is 2.52 bits per heavy atom. The first-order chi connectivity index (χ1) is 15.2. The van der Waals surface area contributed by atoms with E-state index in [0.29, 0.717) is 25.0 Å². The van der Waals surface area contributed by atoms with E-state index in [1.54, 1.807) is 0 Å². The van der Waals surface area contributed by atoms with Gasteiger partial charge in [0.2, 0.25) is 5.89 Å². The molecule has 7 heteroatoms. The Hall–Kier alpha value is -1.96. The summed E-state index contributed by atoms with van der Waals surface area (Å²) in [5.41, 5.74) is 1.33. The molecule has 1 aromatic heterocycles. The van der Waals surface area contributed by atoms with Gasteiger partial charge in [-0.15, -0.1) is 0 Å². The minimum absolute atomic E-state index is 0.207. The Bertz CT molecular complexity index is 778. The first-order valence-electron chi connectivity index (χ1n) is 11.7. The maximum Gasteiger partial charge on any atom is 0.229 e. The van der Waals surface area contributed by atoms with Gasteiger partial charge in [0.15, 0.2) is 5.82 Å². The number of nitrogens with zero attached hydrogens (tertiary/aromatic N) is 3. The highest BCUT2D eigenvalue weighted by Gasteiger charge is 2.23. The van der Waals surface area contributed by atoms with Crippen LogP contribution in [0.4, 0.5) is 0 Å². The number of ether oxygens (including phenoxy) is 3. The molecule has 0 bridgehead atoms. The summed E-state index contributed by atoms with van der Waals surface area (Å²) in [6.45, 7) is 9.40. The number of aromatic nitrogens is 2. The minimum atomic E-state index is 0.207. The first-order valence-corrected chi connectivity index (χ1v) is 11.7. The molecule has 2 aliphatic heterocycles. The molecule has 0 amide bonds. The lowest BCUT2D eigenvalue weighted by Crippen LogP contribution is -2.36. The molecule has 4 rings (SSSR count). The SMILES string of the molecule is CC(C)Oc1ccc(CN2CCC(OCCc3noc(C4CCOCC4)n3)CC2)cc1. The van der Waals surface area contributed by atoms with Crippen molar-refractivity contribution in [2.45, 2.75) is 70.6 Å². The summed E-state index contributed by atoms with van der Waals surface area (Å²) in [5.74, 6) is 2.80. The fourth-order valence-corrected chi connectivity index (χ4v) is 4.23. The van der Waals surface area contributed by atoms with Gasteiger partial charge in [0.25, 0.3) is 0 Å². The summed E-state index contributed by atoms with van der Waals surface area (Å²) in [6.07, 6.45) is 5.29. The summed E-state index contributed by atoms with van der Waals surface area (Å²) < 4.78 is 22.7. The van der Waals surface area contributed by atoms with Crippen LogP contribution in [-0.2, 0) is 22.4 Å². The van der Waals surface area contributed by atoms with Gasteiger partial charge in [-0.05, 0) is 57.2 Å². The van der Waals surface area contributed by atoms with E-state index in [9.17, 15) is 0 Å². The number of benzene rings is 1. The van der Waals surface area contributed by atoms with Gasteiger partial charge >= 0.3 is 0 Å². The van der Waals surface area contributed by atoms with Gasteiger partial charge < -0.3 is 18.7 Å².